The summed E-state index contributed by atoms with van der Waals surface area (Å²) in [7, 11) is 1.61. The van der Waals surface area contributed by atoms with Crippen molar-refractivity contribution in [3.63, 3.8) is 0 Å². The maximum absolute atomic E-state index is 12.0. The van der Waals surface area contributed by atoms with Crippen molar-refractivity contribution < 1.29 is 19.1 Å². The SMILES string of the molecule is CCN1CCC(N2CCN(c3nc(/C=C4\SC(=O)NC4=O)cc(OCCOC)n3)CC2)CC1. The van der Waals surface area contributed by atoms with Gasteiger partial charge in [-0.05, 0) is 50.3 Å². The van der Waals surface area contributed by atoms with Crippen molar-refractivity contribution in [3.05, 3.63) is 16.7 Å². The Hall–Kier alpha value is -2.21. The number of rotatable bonds is 8. The Morgan fingerprint density at radius 3 is 2.52 bits per heavy atom. The van der Waals surface area contributed by atoms with Crippen LogP contribution in [0.15, 0.2) is 11.0 Å². The molecule has 1 aromatic rings. The fraction of sp³-hybridized carbons (Fsp3) is 0.636. The van der Waals surface area contributed by atoms with Crippen LogP contribution >= 0.6 is 11.8 Å². The molecule has 0 unspecified atom stereocenters. The Balaban J connectivity index is 1.45. The van der Waals surface area contributed by atoms with Crippen LogP contribution < -0.4 is 15.0 Å². The zero-order valence-corrected chi connectivity index (χ0v) is 20.1. The number of nitrogens with one attached hydrogen (secondary N) is 1. The summed E-state index contributed by atoms with van der Waals surface area (Å²) in [5.41, 5.74) is 0.536. The smallest absolute Gasteiger partial charge is 0.290 e. The van der Waals surface area contributed by atoms with Gasteiger partial charge in [0.25, 0.3) is 11.1 Å². The molecule has 1 N–H and O–H groups in total. The van der Waals surface area contributed by atoms with E-state index in [1.807, 2.05) is 0 Å². The molecule has 1 aromatic heterocycles. The van der Waals surface area contributed by atoms with E-state index in [0.29, 0.717) is 41.7 Å². The maximum atomic E-state index is 12.0. The first-order valence-electron chi connectivity index (χ1n) is 11.5. The largest absolute Gasteiger partial charge is 0.475 e. The number of ether oxygens (including phenoxy) is 2. The number of thioether (sulfide) groups is 1. The van der Waals surface area contributed by atoms with Gasteiger partial charge in [0.15, 0.2) is 0 Å². The molecule has 0 atom stereocenters. The quantitative estimate of drug-likeness (QED) is 0.438. The molecule has 33 heavy (non-hydrogen) atoms. The zero-order chi connectivity index (χ0) is 23.2. The second kappa shape index (κ2) is 11.3. The molecule has 0 aliphatic carbocycles. The third kappa shape index (κ3) is 6.23. The minimum atomic E-state index is -0.408. The van der Waals surface area contributed by atoms with Crippen molar-refractivity contribution in [2.24, 2.45) is 0 Å². The van der Waals surface area contributed by atoms with Gasteiger partial charge in [-0.1, -0.05) is 6.92 Å². The summed E-state index contributed by atoms with van der Waals surface area (Å²) < 4.78 is 10.8. The summed E-state index contributed by atoms with van der Waals surface area (Å²) in [5.74, 6) is 0.592. The fourth-order valence-corrected chi connectivity index (χ4v) is 5.06. The average molecular weight is 477 g/mol. The number of nitrogens with zero attached hydrogens (tertiary/aromatic N) is 5. The van der Waals surface area contributed by atoms with Gasteiger partial charge in [0.2, 0.25) is 11.8 Å². The van der Waals surface area contributed by atoms with Crippen LogP contribution in [0.5, 0.6) is 5.88 Å². The second-order valence-electron chi connectivity index (χ2n) is 8.31. The number of carbonyl (C=O) groups is 2. The molecule has 11 heteroatoms. The summed E-state index contributed by atoms with van der Waals surface area (Å²) in [4.78, 5) is 40.3. The second-order valence-corrected chi connectivity index (χ2v) is 9.33. The first kappa shape index (κ1) is 23.9. The molecule has 0 radical (unpaired) electrons. The van der Waals surface area contributed by atoms with E-state index in [1.54, 1.807) is 19.3 Å². The predicted molar refractivity (Wildman–Crippen MR) is 127 cm³/mol. The minimum Gasteiger partial charge on any atom is -0.475 e. The first-order valence-corrected chi connectivity index (χ1v) is 12.3. The van der Waals surface area contributed by atoms with E-state index in [-0.39, 0.29) is 5.24 Å². The van der Waals surface area contributed by atoms with E-state index in [1.165, 1.54) is 25.9 Å². The third-order valence-corrected chi connectivity index (χ3v) is 7.10. The number of carbonyl (C=O) groups excluding carboxylic acids is 2. The molecule has 0 aromatic carbocycles. The molecule has 10 nitrogen and oxygen atoms in total. The molecule has 0 bridgehead atoms. The van der Waals surface area contributed by atoms with Gasteiger partial charge in [0.05, 0.1) is 17.2 Å². The topological polar surface area (TPSA) is 100 Å². The highest BCUT2D eigenvalue weighted by molar-refractivity contribution is 8.18. The van der Waals surface area contributed by atoms with E-state index in [4.69, 9.17) is 9.47 Å². The predicted octanol–water partition coefficient (Wildman–Crippen LogP) is 1.43. The highest BCUT2D eigenvalue weighted by Crippen LogP contribution is 2.27. The molecule has 0 spiro atoms. The maximum Gasteiger partial charge on any atom is 0.290 e. The standard InChI is InChI=1S/C22H32N6O4S/c1-3-26-6-4-17(5-7-26)27-8-10-28(11-9-27)21-23-16(14-18-20(29)25-22(30)33-18)15-19(24-21)32-13-12-31-2/h14-15,17H,3-13H2,1-2H3,(H,25,29,30)/b18-14-. The van der Waals surface area contributed by atoms with Gasteiger partial charge in [-0.3, -0.25) is 19.8 Å². The summed E-state index contributed by atoms with van der Waals surface area (Å²) in [6, 6.07) is 2.33. The van der Waals surface area contributed by atoms with E-state index in [9.17, 15) is 9.59 Å². The Labute approximate surface area is 198 Å². The number of aromatic nitrogens is 2. The molecular formula is C22H32N6O4S. The summed E-state index contributed by atoms with van der Waals surface area (Å²) in [6.45, 7) is 10.1. The normalized spacial score (nSPS) is 22.2. The molecule has 0 saturated carbocycles. The van der Waals surface area contributed by atoms with E-state index >= 15 is 0 Å². The van der Waals surface area contributed by atoms with Crippen LogP contribution in [0.3, 0.4) is 0 Å². The highest BCUT2D eigenvalue weighted by Gasteiger charge is 2.29. The Morgan fingerprint density at radius 1 is 1.12 bits per heavy atom. The molecule has 180 valence electrons. The fourth-order valence-electron chi connectivity index (χ4n) is 4.39. The number of piperazine rings is 1. The van der Waals surface area contributed by atoms with Crippen molar-refractivity contribution in [2.75, 3.05) is 71.0 Å². The van der Waals surface area contributed by atoms with Crippen molar-refractivity contribution >= 4 is 34.9 Å². The monoisotopic (exact) mass is 476 g/mol. The minimum absolute atomic E-state index is 0.315. The number of amides is 2. The number of likely N-dealkylation sites (tertiary alicyclic amines) is 1. The van der Waals surface area contributed by atoms with Gasteiger partial charge in [-0.2, -0.15) is 4.98 Å². The Kier molecular flexibility index (Phi) is 8.18. The number of anilines is 1. The average Bonchev–Trinajstić information content (AvgIpc) is 3.15. The summed E-state index contributed by atoms with van der Waals surface area (Å²) >= 11 is 0.872. The van der Waals surface area contributed by atoms with E-state index < -0.39 is 5.91 Å². The van der Waals surface area contributed by atoms with E-state index in [2.05, 4.69) is 36.9 Å². The molecule has 2 amide bonds. The number of imide groups is 1. The van der Waals surface area contributed by atoms with Crippen LogP contribution in [0.25, 0.3) is 6.08 Å². The lowest BCUT2D eigenvalue weighted by molar-refractivity contribution is -0.115. The van der Waals surface area contributed by atoms with Crippen molar-refractivity contribution in [1.29, 1.82) is 0 Å². The van der Waals surface area contributed by atoms with Crippen LogP contribution in [0.1, 0.15) is 25.5 Å². The molecule has 4 rings (SSSR count). The van der Waals surface area contributed by atoms with Crippen molar-refractivity contribution in [2.45, 2.75) is 25.8 Å². The lowest BCUT2D eigenvalue weighted by Crippen LogP contribution is -2.53. The van der Waals surface area contributed by atoms with Gasteiger partial charge in [0.1, 0.15) is 6.61 Å². The van der Waals surface area contributed by atoms with Crippen molar-refractivity contribution in [1.82, 2.24) is 25.1 Å². The van der Waals surface area contributed by atoms with E-state index in [0.717, 1.165) is 44.5 Å². The number of piperidine rings is 1. The molecule has 3 aliphatic heterocycles. The lowest BCUT2D eigenvalue weighted by atomic mass is 10.0. The van der Waals surface area contributed by atoms with Gasteiger partial charge in [-0.25, -0.2) is 4.98 Å². The van der Waals surface area contributed by atoms with Crippen LogP contribution in [-0.4, -0.2) is 103 Å². The number of hydrogen-bond donors (Lipinski definition) is 1. The summed E-state index contributed by atoms with van der Waals surface area (Å²) in [5, 5.41) is 1.89. The lowest BCUT2D eigenvalue weighted by Gasteiger charge is -2.42. The number of methoxy groups -OCH3 is 1. The molecule has 3 saturated heterocycles. The molecule has 3 aliphatic rings. The van der Waals surface area contributed by atoms with Gasteiger partial charge >= 0.3 is 0 Å². The molecular weight excluding hydrogens is 444 g/mol. The van der Waals surface area contributed by atoms with Gasteiger partial charge < -0.3 is 19.3 Å². The highest BCUT2D eigenvalue weighted by atomic mass is 32.2. The third-order valence-electron chi connectivity index (χ3n) is 6.29. The Morgan fingerprint density at radius 2 is 1.88 bits per heavy atom. The van der Waals surface area contributed by atoms with Crippen LogP contribution in [0.4, 0.5) is 10.7 Å². The first-order chi connectivity index (χ1) is 16.1. The molecule has 4 heterocycles. The number of hydrogen-bond acceptors (Lipinski definition) is 10. The van der Waals surface area contributed by atoms with Crippen molar-refractivity contribution in [3.8, 4) is 5.88 Å². The summed E-state index contributed by atoms with van der Waals surface area (Å²) in [6.07, 6.45) is 4.06. The zero-order valence-electron chi connectivity index (χ0n) is 19.3. The van der Waals surface area contributed by atoms with Crippen LogP contribution in [-0.2, 0) is 9.53 Å². The van der Waals surface area contributed by atoms with Gasteiger partial charge in [0, 0.05) is 45.4 Å². The van der Waals surface area contributed by atoms with Crippen LogP contribution in [0.2, 0.25) is 0 Å². The molecule has 3 fully saturated rings. The van der Waals surface area contributed by atoms with Gasteiger partial charge in [-0.15, -0.1) is 0 Å². The van der Waals surface area contributed by atoms with Crippen LogP contribution in [0, 0.1) is 0 Å². The Bertz CT molecular complexity index is 882.